The number of halogens is 1. The second-order valence-corrected chi connectivity index (χ2v) is 9.59. The lowest BCUT2D eigenvalue weighted by Gasteiger charge is -2.29. The van der Waals surface area contributed by atoms with Crippen molar-refractivity contribution < 1.29 is 18.8 Å². The summed E-state index contributed by atoms with van der Waals surface area (Å²) in [6, 6.07) is 13.8. The predicted octanol–water partition coefficient (Wildman–Crippen LogP) is 4.17. The smallest absolute Gasteiger partial charge is 0.257 e. The van der Waals surface area contributed by atoms with Crippen molar-refractivity contribution in [2.24, 2.45) is 16.7 Å². The van der Waals surface area contributed by atoms with Crippen molar-refractivity contribution in [2.75, 3.05) is 4.90 Å². The normalized spacial score (nSPS) is 22.0. The maximum atomic E-state index is 13.7. The lowest BCUT2D eigenvalue weighted by Crippen LogP contribution is -2.46. The lowest BCUT2D eigenvalue weighted by molar-refractivity contribution is -0.141. The Hall–Kier alpha value is -3.02. The van der Waals surface area contributed by atoms with Crippen LogP contribution in [0.5, 0.6) is 0 Å². The Morgan fingerprint density at radius 1 is 1.00 bits per heavy atom. The molecule has 1 saturated carbocycles. The summed E-state index contributed by atoms with van der Waals surface area (Å²) in [5.41, 5.74) is 0.827. The van der Waals surface area contributed by atoms with Crippen molar-refractivity contribution >= 4 is 23.4 Å². The summed E-state index contributed by atoms with van der Waals surface area (Å²) in [4.78, 5) is 42.4. The Balaban J connectivity index is 1.67. The number of hydrogen-bond acceptors (Lipinski definition) is 3. The van der Waals surface area contributed by atoms with Crippen LogP contribution in [0.3, 0.4) is 0 Å². The van der Waals surface area contributed by atoms with Crippen LogP contribution < -0.4 is 4.90 Å². The van der Waals surface area contributed by atoms with Gasteiger partial charge in [-0.15, -0.1) is 0 Å². The zero-order valence-corrected chi connectivity index (χ0v) is 18.3. The molecular weight excluding hydrogens is 395 g/mol. The van der Waals surface area contributed by atoms with Gasteiger partial charge in [-0.1, -0.05) is 58.0 Å². The van der Waals surface area contributed by atoms with Gasteiger partial charge in [-0.3, -0.25) is 14.4 Å². The Kier molecular flexibility index (Phi) is 4.99. The van der Waals surface area contributed by atoms with Gasteiger partial charge in [-0.05, 0) is 40.7 Å². The van der Waals surface area contributed by atoms with Crippen molar-refractivity contribution in [3.05, 3.63) is 66.0 Å². The van der Waals surface area contributed by atoms with E-state index in [0.29, 0.717) is 5.69 Å². The van der Waals surface area contributed by atoms with Crippen molar-refractivity contribution in [2.45, 2.75) is 46.7 Å². The summed E-state index contributed by atoms with van der Waals surface area (Å²) in [5, 5.41) is 0. The highest BCUT2D eigenvalue weighted by Gasteiger charge is 2.69. The number of hydrogen-bond donors (Lipinski definition) is 0. The highest BCUT2D eigenvalue weighted by Crippen LogP contribution is 2.69. The molecule has 0 aromatic heterocycles. The lowest BCUT2D eigenvalue weighted by atomic mass is 10.0. The van der Waals surface area contributed by atoms with Gasteiger partial charge < -0.3 is 4.90 Å². The van der Waals surface area contributed by atoms with Crippen LogP contribution in [0.25, 0.3) is 0 Å². The van der Waals surface area contributed by atoms with Gasteiger partial charge in [-0.25, -0.2) is 9.29 Å². The number of benzene rings is 2. The predicted molar refractivity (Wildman–Crippen MR) is 115 cm³/mol. The zero-order valence-electron chi connectivity index (χ0n) is 18.3. The molecule has 1 saturated heterocycles. The van der Waals surface area contributed by atoms with Crippen LogP contribution in [-0.4, -0.2) is 28.7 Å². The van der Waals surface area contributed by atoms with E-state index in [1.807, 2.05) is 30.3 Å². The Morgan fingerprint density at radius 2 is 1.58 bits per heavy atom. The molecule has 2 aromatic rings. The van der Waals surface area contributed by atoms with Crippen molar-refractivity contribution in [1.82, 2.24) is 4.90 Å². The number of carbonyl (C=O) groups excluding carboxylic acids is 3. The summed E-state index contributed by atoms with van der Waals surface area (Å²) in [7, 11) is 0. The van der Waals surface area contributed by atoms with E-state index in [4.69, 9.17) is 0 Å². The molecule has 1 aliphatic heterocycles. The van der Waals surface area contributed by atoms with Gasteiger partial charge in [0.15, 0.2) is 0 Å². The number of nitrogens with zero attached hydrogens (tertiary/aromatic N) is 2. The van der Waals surface area contributed by atoms with E-state index in [0.717, 1.165) is 10.5 Å². The molecule has 6 heteroatoms. The van der Waals surface area contributed by atoms with E-state index in [9.17, 15) is 18.8 Å². The van der Waals surface area contributed by atoms with Gasteiger partial charge in [0.2, 0.25) is 11.8 Å². The van der Waals surface area contributed by atoms with Crippen molar-refractivity contribution in [3.63, 3.8) is 0 Å². The molecule has 31 heavy (non-hydrogen) atoms. The minimum Gasteiger partial charge on any atom is -0.325 e. The first-order valence-corrected chi connectivity index (χ1v) is 10.5. The quantitative estimate of drug-likeness (QED) is 0.680. The number of carbonyl (C=O) groups is 3. The van der Waals surface area contributed by atoms with Gasteiger partial charge in [-0.2, -0.15) is 0 Å². The van der Waals surface area contributed by atoms with E-state index in [2.05, 4.69) is 27.7 Å². The van der Waals surface area contributed by atoms with Gasteiger partial charge in [0, 0.05) is 12.5 Å². The first-order chi connectivity index (χ1) is 14.6. The van der Waals surface area contributed by atoms with Gasteiger partial charge >= 0.3 is 0 Å². The maximum absolute atomic E-state index is 13.7. The van der Waals surface area contributed by atoms with Crippen LogP contribution in [0, 0.1) is 22.6 Å². The fraction of sp³-hybridized carbons (Fsp3) is 0.400. The second-order valence-electron chi connectivity index (χ2n) is 9.59. The third kappa shape index (κ3) is 3.44. The fourth-order valence-electron chi connectivity index (χ4n) is 4.82. The van der Waals surface area contributed by atoms with Gasteiger partial charge in [0.1, 0.15) is 11.9 Å². The first-order valence-electron chi connectivity index (χ1n) is 10.5. The van der Waals surface area contributed by atoms with Crippen LogP contribution in [-0.2, 0) is 20.9 Å². The summed E-state index contributed by atoms with van der Waals surface area (Å²) in [6.07, 6.45) is -0.0810. The maximum Gasteiger partial charge on any atom is 0.257 e. The first kappa shape index (κ1) is 21.2. The minimum atomic E-state index is -0.877. The molecule has 1 heterocycles. The largest absolute Gasteiger partial charge is 0.325 e. The van der Waals surface area contributed by atoms with E-state index >= 15 is 0 Å². The molecule has 1 aliphatic carbocycles. The van der Waals surface area contributed by atoms with E-state index in [-0.39, 0.29) is 41.5 Å². The highest BCUT2D eigenvalue weighted by atomic mass is 19.1. The van der Waals surface area contributed by atoms with Crippen LogP contribution in [0.15, 0.2) is 54.6 Å². The third-order valence-corrected chi connectivity index (χ3v) is 7.33. The molecule has 2 aromatic carbocycles. The number of rotatable bonds is 5. The molecule has 3 amide bonds. The highest BCUT2D eigenvalue weighted by molar-refractivity contribution is 6.23. The molecule has 1 unspecified atom stereocenters. The van der Waals surface area contributed by atoms with Crippen LogP contribution in [0.1, 0.15) is 39.7 Å². The Labute approximate surface area is 181 Å². The molecule has 0 spiro atoms. The van der Waals surface area contributed by atoms with E-state index < -0.39 is 17.8 Å². The summed E-state index contributed by atoms with van der Waals surface area (Å²) in [6.45, 7) is 8.49. The molecule has 2 aliphatic rings. The minimum absolute atomic E-state index is 0.0810. The van der Waals surface area contributed by atoms with Crippen LogP contribution in [0.4, 0.5) is 10.1 Å². The topological polar surface area (TPSA) is 57.7 Å². The SMILES string of the molecule is CC1(C)C(C(=O)N(Cc2ccccc2)C2CC(=O)N(c3ccc(F)cc3)C2=O)C1(C)C. The monoisotopic (exact) mass is 422 g/mol. The van der Waals surface area contributed by atoms with Crippen LogP contribution in [0.2, 0.25) is 0 Å². The molecule has 1 atom stereocenters. The summed E-state index contributed by atoms with van der Waals surface area (Å²) < 4.78 is 13.3. The Morgan fingerprint density at radius 3 is 2.13 bits per heavy atom. The van der Waals surface area contributed by atoms with Crippen molar-refractivity contribution in [1.29, 1.82) is 0 Å². The standard InChI is InChI=1S/C25H27FN2O3/c1-24(2)21(25(24,3)4)23(31)27(15-16-8-6-5-7-9-16)19-14-20(29)28(22(19)30)18-12-10-17(26)11-13-18/h5-13,19,21H,14-15H2,1-4H3. The number of imide groups is 1. The van der Waals surface area contributed by atoms with Gasteiger partial charge in [0.05, 0.1) is 12.1 Å². The zero-order chi connectivity index (χ0) is 22.6. The number of amides is 3. The fourth-order valence-corrected chi connectivity index (χ4v) is 4.82. The molecule has 0 bridgehead atoms. The molecule has 162 valence electrons. The van der Waals surface area contributed by atoms with Crippen molar-refractivity contribution in [3.8, 4) is 0 Å². The molecule has 5 nitrogen and oxygen atoms in total. The molecular formula is C25H27FN2O3. The molecule has 0 radical (unpaired) electrons. The summed E-state index contributed by atoms with van der Waals surface area (Å²) >= 11 is 0. The average Bonchev–Trinajstić information content (AvgIpc) is 2.96. The average molecular weight is 423 g/mol. The molecule has 2 fully saturated rings. The number of anilines is 1. The van der Waals surface area contributed by atoms with E-state index in [1.54, 1.807) is 4.90 Å². The third-order valence-electron chi connectivity index (χ3n) is 7.33. The van der Waals surface area contributed by atoms with E-state index in [1.165, 1.54) is 24.3 Å². The Bertz CT molecular complexity index is 1020. The van der Waals surface area contributed by atoms with Gasteiger partial charge in [0.25, 0.3) is 5.91 Å². The summed E-state index contributed by atoms with van der Waals surface area (Å²) in [5.74, 6) is -1.62. The molecule has 0 N–H and O–H groups in total. The van der Waals surface area contributed by atoms with Crippen LogP contribution >= 0.6 is 0 Å². The molecule has 4 rings (SSSR count). The second kappa shape index (κ2) is 7.29.